The van der Waals surface area contributed by atoms with Crippen LogP contribution in [0.2, 0.25) is 0 Å². The van der Waals surface area contributed by atoms with Gasteiger partial charge in [0, 0.05) is 56.7 Å². The number of nitrogens with one attached hydrogen (secondary N) is 4. The van der Waals surface area contributed by atoms with E-state index >= 15 is 0 Å². The van der Waals surface area contributed by atoms with Crippen molar-refractivity contribution in [1.82, 2.24) is 45.1 Å². The molecule has 3 aliphatic heterocycles. The van der Waals surface area contributed by atoms with Crippen LogP contribution in [0.25, 0.3) is 11.0 Å². The summed E-state index contributed by atoms with van der Waals surface area (Å²) >= 11 is 0. The summed E-state index contributed by atoms with van der Waals surface area (Å²) in [6.07, 6.45) is 10.4. The number of fused-ring (bicyclic) bond motifs is 2. The molecule has 0 spiro atoms. The number of carbonyl (C=O) groups excluding carboxylic acids is 1. The van der Waals surface area contributed by atoms with Crippen LogP contribution in [0.4, 0.5) is 17.5 Å². The minimum absolute atomic E-state index is 0.0330. The summed E-state index contributed by atoms with van der Waals surface area (Å²) in [5.74, 6) is 1.64. The largest absolute Gasteiger partial charge is 0.476 e. The minimum Gasteiger partial charge on any atom is -0.476 e. The molecular formula is C27H37N11O2. The number of hydrogen-bond acceptors (Lipinski definition) is 10. The highest BCUT2D eigenvalue weighted by molar-refractivity contribution is 5.97. The second-order valence-electron chi connectivity index (χ2n) is 11.2. The molecule has 212 valence electrons. The van der Waals surface area contributed by atoms with E-state index in [2.05, 4.69) is 60.2 Å². The van der Waals surface area contributed by atoms with E-state index in [0.29, 0.717) is 42.0 Å². The SMILES string of the molecule is CC1NC=C(C(=O)NCCN2CCCC2(C)C)C=C1Nc1nn(C)c2nc(Nc3cnn4c3OCCC4)ncc12. The molecule has 3 aromatic rings. The summed E-state index contributed by atoms with van der Waals surface area (Å²) in [5.41, 5.74) is 2.99. The molecule has 3 aliphatic rings. The summed E-state index contributed by atoms with van der Waals surface area (Å²) < 4.78 is 9.30. The Kier molecular flexibility index (Phi) is 6.82. The van der Waals surface area contributed by atoms with Crippen molar-refractivity contribution in [2.75, 3.05) is 36.9 Å². The molecule has 1 unspecified atom stereocenters. The zero-order valence-corrected chi connectivity index (χ0v) is 23.5. The van der Waals surface area contributed by atoms with Crippen LogP contribution < -0.4 is 26.0 Å². The summed E-state index contributed by atoms with van der Waals surface area (Å²) in [6, 6.07) is -0.0330. The lowest BCUT2D eigenvalue weighted by atomic mass is 10.0. The molecule has 0 bridgehead atoms. The van der Waals surface area contributed by atoms with E-state index in [1.54, 1.807) is 23.3 Å². The van der Waals surface area contributed by atoms with Crippen LogP contribution in [0.5, 0.6) is 5.88 Å². The molecule has 0 saturated carbocycles. The maximum absolute atomic E-state index is 12.9. The average molecular weight is 548 g/mol. The summed E-state index contributed by atoms with van der Waals surface area (Å²) in [5, 5.41) is 22.7. The minimum atomic E-state index is -0.105. The molecule has 13 nitrogen and oxygen atoms in total. The fraction of sp³-hybridized carbons (Fsp3) is 0.519. The monoisotopic (exact) mass is 547 g/mol. The van der Waals surface area contributed by atoms with Gasteiger partial charge < -0.3 is 26.0 Å². The quantitative estimate of drug-likeness (QED) is 0.332. The van der Waals surface area contributed by atoms with Crippen molar-refractivity contribution >= 4 is 34.4 Å². The first-order valence-corrected chi connectivity index (χ1v) is 13.9. The van der Waals surface area contributed by atoms with Gasteiger partial charge in [-0.2, -0.15) is 15.2 Å². The molecule has 13 heteroatoms. The molecule has 3 aromatic heterocycles. The number of dihydropyridines is 1. The third-order valence-electron chi connectivity index (χ3n) is 7.90. The van der Waals surface area contributed by atoms with Gasteiger partial charge in [0.25, 0.3) is 5.91 Å². The molecule has 0 aliphatic carbocycles. The smallest absolute Gasteiger partial charge is 0.252 e. The maximum atomic E-state index is 12.9. The van der Waals surface area contributed by atoms with Crippen LogP contribution >= 0.6 is 0 Å². The van der Waals surface area contributed by atoms with Crippen molar-refractivity contribution in [3.63, 3.8) is 0 Å². The number of hydrogen-bond donors (Lipinski definition) is 4. The predicted molar refractivity (Wildman–Crippen MR) is 152 cm³/mol. The van der Waals surface area contributed by atoms with Gasteiger partial charge in [-0.3, -0.25) is 9.69 Å². The van der Waals surface area contributed by atoms with Crippen LogP contribution in [0.15, 0.2) is 35.9 Å². The van der Waals surface area contributed by atoms with Gasteiger partial charge in [-0.15, -0.1) is 0 Å². The number of carbonyl (C=O) groups is 1. The lowest BCUT2D eigenvalue weighted by Gasteiger charge is -2.31. The Morgan fingerprint density at radius 3 is 2.92 bits per heavy atom. The fourth-order valence-electron chi connectivity index (χ4n) is 5.50. The van der Waals surface area contributed by atoms with Crippen molar-refractivity contribution < 1.29 is 9.53 Å². The Labute approximate surface area is 233 Å². The van der Waals surface area contributed by atoms with Crippen LogP contribution in [-0.2, 0) is 18.4 Å². The first kappa shape index (κ1) is 26.1. The second kappa shape index (κ2) is 10.5. The average Bonchev–Trinajstić information content (AvgIpc) is 3.60. The summed E-state index contributed by atoms with van der Waals surface area (Å²) in [6.45, 7) is 10.6. The summed E-state index contributed by atoms with van der Waals surface area (Å²) in [4.78, 5) is 24.6. The molecule has 1 amide bonds. The van der Waals surface area contributed by atoms with E-state index in [1.807, 2.05) is 24.7 Å². The first-order chi connectivity index (χ1) is 19.3. The van der Waals surface area contributed by atoms with Crippen LogP contribution in [0.3, 0.4) is 0 Å². The van der Waals surface area contributed by atoms with E-state index in [4.69, 9.17) is 4.74 Å². The highest BCUT2D eigenvalue weighted by Crippen LogP contribution is 2.31. The molecule has 0 radical (unpaired) electrons. The van der Waals surface area contributed by atoms with Gasteiger partial charge in [-0.1, -0.05) is 0 Å². The van der Waals surface area contributed by atoms with Crippen molar-refractivity contribution in [3.05, 3.63) is 35.9 Å². The highest BCUT2D eigenvalue weighted by atomic mass is 16.5. The molecule has 4 N–H and O–H groups in total. The number of rotatable bonds is 8. The third-order valence-corrected chi connectivity index (χ3v) is 7.90. The number of nitrogens with zero attached hydrogens (tertiary/aromatic N) is 7. The number of anilines is 3. The van der Waals surface area contributed by atoms with Gasteiger partial charge in [0.2, 0.25) is 11.8 Å². The molecule has 1 fully saturated rings. The Morgan fingerprint density at radius 2 is 2.10 bits per heavy atom. The molecule has 1 saturated heterocycles. The van der Waals surface area contributed by atoms with E-state index in [0.717, 1.165) is 42.8 Å². The summed E-state index contributed by atoms with van der Waals surface area (Å²) in [7, 11) is 1.84. The van der Waals surface area contributed by atoms with E-state index < -0.39 is 0 Å². The molecule has 40 heavy (non-hydrogen) atoms. The Morgan fingerprint density at radius 1 is 1.23 bits per heavy atom. The van der Waals surface area contributed by atoms with Gasteiger partial charge in [-0.25, -0.2) is 14.3 Å². The highest BCUT2D eigenvalue weighted by Gasteiger charge is 2.31. The van der Waals surface area contributed by atoms with Crippen LogP contribution in [0, 0.1) is 0 Å². The van der Waals surface area contributed by atoms with Gasteiger partial charge in [0.15, 0.2) is 11.5 Å². The van der Waals surface area contributed by atoms with E-state index in [9.17, 15) is 4.79 Å². The molecule has 0 aromatic carbocycles. The Hall–Kier alpha value is -4.13. The number of amides is 1. The van der Waals surface area contributed by atoms with Crippen molar-refractivity contribution in [2.24, 2.45) is 7.05 Å². The van der Waals surface area contributed by atoms with E-state index in [-0.39, 0.29) is 17.5 Å². The number of ether oxygens (including phenoxy) is 1. The van der Waals surface area contributed by atoms with Crippen LogP contribution in [-0.4, -0.2) is 78.2 Å². The molecule has 1 atom stereocenters. The topological polar surface area (TPSA) is 139 Å². The van der Waals surface area contributed by atoms with Gasteiger partial charge >= 0.3 is 0 Å². The molecule has 6 rings (SSSR count). The second-order valence-corrected chi connectivity index (χ2v) is 11.2. The Bertz CT molecular complexity index is 1480. The fourth-order valence-corrected chi connectivity index (χ4v) is 5.50. The predicted octanol–water partition coefficient (Wildman–Crippen LogP) is 2.25. The number of aromatic nitrogens is 6. The van der Waals surface area contributed by atoms with Gasteiger partial charge in [0.05, 0.1) is 29.8 Å². The lowest BCUT2D eigenvalue weighted by Crippen LogP contribution is -2.43. The van der Waals surface area contributed by atoms with Crippen LogP contribution in [0.1, 0.15) is 40.0 Å². The van der Waals surface area contributed by atoms with Crippen molar-refractivity contribution in [1.29, 1.82) is 0 Å². The zero-order chi connectivity index (χ0) is 27.9. The van der Waals surface area contributed by atoms with E-state index in [1.165, 1.54) is 12.8 Å². The van der Waals surface area contributed by atoms with Crippen molar-refractivity contribution in [3.8, 4) is 5.88 Å². The Balaban J connectivity index is 1.14. The molecule has 6 heterocycles. The number of aryl methyl sites for hydroxylation is 2. The number of likely N-dealkylation sites (tertiary alicyclic amines) is 1. The van der Waals surface area contributed by atoms with Crippen molar-refractivity contribution in [2.45, 2.75) is 58.2 Å². The van der Waals surface area contributed by atoms with Gasteiger partial charge in [-0.05, 0) is 46.2 Å². The standard InChI is InChI=1S/C27H37N11O2/c1-17-20(13-18(14-29-17)24(39)28-8-11-37-9-5-7-27(37,2)3)32-22-19-15-30-26(34-23(19)36(4)35-22)33-21-16-31-38-10-6-12-40-25(21)38/h13-17,29H,5-12H2,1-4H3,(H,28,39)(H,32,35)(H,30,33,34). The normalized spacial score (nSPS) is 20.2. The third kappa shape index (κ3) is 5.08. The first-order valence-electron chi connectivity index (χ1n) is 13.9. The lowest BCUT2D eigenvalue weighted by molar-refractivity contribution is -0.117. The van der Waals surface area contributed by atoms with Gasteiger partial charge in [0.1, 0.15) is 5.69 Å². The molecular weight excluding hydrogens is 510 g/mol. The maximum Gasteiger partial charge on any atom is 0.252 e. The zero-order valence-electron chi connectivity index (χ0n) is 23.5.